The van der Waals surface area contributed by atoms with E-state index in [4.69, 9.17) is 5.73 Å². The predicted octanol–water partition coefficient (Wildman–Crippen LogP) is 1.43. The molecule has 0 amide bonds. The van der Waals surface area contributed by atoms with Gasteiger partial charge in [-0.25, -0.2) is 9.97 Å². The van der Waals surface area contributed by atoms with Crippen LogP contribution >= 0.6 is 0 Å². The van der Waals surface area contributed by atoms with E-state index in [2.05, 4.69) is 15.0 Å². The zero-order chi connectivity index (χ0) is 9.97. The molecule has 0 fully saturated rings. The molecule has 0 aliphatic heterocycles. The number of nitrogens with zero attached hydrogens (tertiary/aromatic N) is 3. The van der Waals surface area contributed by atoms with Crippen LogP contribution in [0.4, 0.5) is 5.82 Å². The Bertz CT molecular complexity index is 439. The first kappa shape index (κ1) is 8.62. The molecule has 0 aliphatic carbocycles. The third-order valence-electron chi connectivity index (χ3n) is 1.88. The lowest BCUT2D eigenvalue weighted by Gasteiger charge is -2.03. The van der Waals surface area contributed by atoms with Crippen molar-refractivity contribution in [1.29, 1.82) is 0 Å². The third kappa shape index (κ3) is 1.54. The zero-order valence-corrected chi connectivity index (χ0v) is 7.81. The Balaban J connectivity index is 2.53. The molecule has 0 aromatic carbocycles. The first-order valence-corrected chi connectivity index (χ1v) is 4.28. The Morgan fingerprint density at radius 1 is 1.21 bits per heavy atom. The highest BCUT2D eigenvalue weighted by molar-refractivity contribution is 5.69. The fourth-order valence-electron chi connectivity index (χ4n) is 1.21. The topological polar surface area (TPSA) is 64.7 Å². The molecule has 0 bridgehead atoms. The molecule has 4 nitrogen and oxygen atoms in total. The summed E-state index contributed by atoms with van der Waals surface area (Å²) in [5.41, 5.74) is 7.33. The van der Waals surface area contributed by atoms with E-state index in [0.717, 1.165) is 11.3 Å². The standard InChI is InChI=1S/C10H10N4/c1-7-13-6-8(10(11)14-7)9-4-2-3-5-12-9/h2-6H,1H3,(H2,11,13,14). The van der Waals surface area contributed by atoms with E-state index in [9.17, 15) is 0 Å². The van der Waals surface area contributed by atoms with E-state index in [1.54, 1.807) is 19.3 Å². The summed E-state index contributed by atoms with van der Waals surface area (Å²) in [5, 5.41) is 0. The summed E-state index contributed by atoms with van der Waals surface area (Å²) in [5.74, 6) is 1.14. The molecule has 2 aromatic heterocycles. The second-order valence-corrected chi connectivity index (χ2v) is 2.93. The second-order valence-electron chi connectivity index (χ2n) is 2.93. The van der Waals surface area contributed by atoms with Gasteiger partial charge in [-0.15, -0.1) is 0 Å². The van der Waals surface area contributed by atoms with Crippen LogP contribution in [0.15, 0.2) is 30.6 Å². The van der Waals surface area contributed by atoms with Crippen molar-refractivity contribution >= 4 is 5.82 Å². The monoisotopic (exact) mass is 186 g/mol. The molecule has 4 heteroatoms. The van der Waals surface area contributed by atoms with Gasteiger partial charge in [-0.1, -0.05) is 6.07 Å². The molecule has 2 N–H and O–H groups in total. The maximum atomic E-state index is 5.76. The number of aromatic nitrogens is 3. The Kier molecular flexibility index (Phi) is 2.10. The lowest BCUT2D eigenvalue weighted by atomic mass is 10.2. The van der Waals surface area contributed by atoms with E-state index >= 15 is 0 Å². The lowest BCUT2D eigenvalue weighted by molar-refractivity contribution is 1.06. The number of nitrogens with two attached hydrogens (primary N) is 1. The highest BCUT2D eigenvalue weighted by Crippen LogP contribution is 2.20. The molecule has 0 unspecified atom stereocenters. The molecule has 70 valence electrons. The van der Waals surface area contributed by atoms with Crippen LogP contribution in [0.3, 0.4) is 0 Å². The van der Waals surface area contributed by atoms with Crippen LogP contribution in [-0.4, -0.2) is 15.0 Å². The summed E-state index contributed by atoms with van der Waals surface area (Å²) in [6.45, 7) is 1.80. The SMILES string of the molecule is Cc1ncc(-c2ccccn2)c(N)n1. The quantitative estimate of drug-likeness (QED) is 0.731. The van der Waals surface area contributed by atoms with E-state index in [1.165, 1.54) is 0 Å². The van der Waals surface area contributed by atoms with E-state index < -0.39 is 0 Å². The maximum Gasteiger partial charge on any atom is 0.136 e. The van der Waals surface area contributed by atoms with Gasteiger partial charge < -0.3 is 5.73 Å². The minimum atomic E-state index is 0.469. The molecule has 0 atom stereocenters. The number of hydrogen-bond donors (Lipinski definition) is 1. The van der Waals surface area contributed by atoms with Gasteiger partial charge in [0.2, 0.25) is 0 Å². The van der Waals surface area contributed by atoms with E-state index in [-0.39, 0.29) is 0 Å². The minimum absolute atomic E-state index is 0.469. The van der Waals surface area contributed by atoms with Gasteiger partial charge in [0, 0.05) is 12.4 Å². The van der Waals surface area contributed by atoms with E-state index in [1.807, 2.05) is 18.2 Å². The van der Waals surface area contributed by atoms with Gasteiger partial charge in [-0.2, -0.15) is 0 Å². The van der Waals surface area contributed by atoms with Gasteiger partial charge in [0.25, 0.3) is 0 Å². The summed E-state index contributed by atoms with van der Waals surface area (Å²) in [4.78, 5) is 12.3. The van der Waals surface area contributed by atoms with Crippen molar-refractivity contribution < 1.29 is 0 Å². The van der Waals surface area contributed by atoms with Crippen LogP contribution in [0.25, 0.3) is 11.3 Å². The molecule has 14 heavy (non-hydrogen) atoms. The van der Waals surface area contributed by atoms with Gasteiger partial charge >= 0.3 is 0 Å². The summed E-state index contributed by atoms with van der Waals surface area (Å²) < 4.78 is 0. The number of aryl methyl sites for hydroxylation is 1. The highest BCUT2D eigenvalue weighted by Gasteiger charge is 2.04. The molecule has 0 saturated heterocycles. The average molecular weight is 186 g/mol. The predicted molar refractivity (Wildman–Crippen MR) is 54.4 cm³/mol. The van der Waals surface area contributed by atoms with Crippen molar-refractivity contribution in [3.8, 4) is 11.3 Å². The van der Waals surface area contributed by atoms with Gasteiger partial charge in [0.05, 0.1) is 11.3 Å². The average Bonchev–Trinajstić information content (AvgIpc) is 2.19. The molecule has 2 heterocycles. The molecule has 0 spiro atoms. The lowest BCUT2D eigenvalue weighted by Crippen LogP contribution is -1.98. The number of nitrogen functional groups attached to an aromatic ring is 1. The maximum absolute atomic E-state index is 5.76. The number of anilines is 1. The summed E-state index contributed by atoms with van der Waals surface area (Å²) in [7, 11) is 0. The van der Waals surface area contributed by atoms with Crippen LogP contribution < -0.4 is 5.73 Å². The molecule has 0 aliphatic rings. The zero-order valence-electron chi connectivity index (χ0n) is 7.81. The fourth-order valence-corrected chi connectivity index (χ4v) is 1.21. The van der Waals surface area contributed by atoms with Crippen LogP contribution in [0.5, 0.6) is 0 Å². The van der Waals surface area contributed by atoms with Gasteiger partial charge in [-0.3, -0.25) is 4.98 Å². The number of rotatable bonds is 1. The molecule has 0 radical (unpaired) electrons. The van der Waals surface area contributed by atoms with Crippen molar-refractivity contribution in [3.05, 3.63) is 36.4 Å². The Labute approximate surface area is 81.9 Å². The Morgan fingerprint density at radius 2 is 2.07 bits per heavy atom. The van der Waals surface area contributed by atoms with Crippen LogP contribution in [0, 0.1) is 6.92 Å². The Hall–Kier alpha value is -1.97. The summed E-state index contributed by atoms with van der Waals surface area (Å²) in [6, 6.07) is 5.64. The van der Waals surface area contributed by atoms with Gasteiger partial charge in [0.1, 0.15) is 11.6 Å². The molecule has 0 saturated carbocycles. The van der Waals surface area contributed by atoms with Crippen molar-refractivity contribution in [2.75, 3.05) is 5.73 Å². The number of hydrogen-bond acceptors (Lipinski definition) is 4. The first-order chi connectivity index (χ1) is 6.77. The van der Waals surface area contributed by atoms with Crippen LogP contribution in [-0.2, 0) is 0 Å². The number of pyridine rings is 1. The fraction of sp³-hybridized carbons (Fsp3) is 0.100. The van der Waals surface area contributed by atoms with Crippen molar-refractivity contribution in [2.45, 2.75) is 6.92 Å². The highest BCUT2D eigenvalue weighted by atomic mass is 14.9. The molecular formula is C10H10N4. The molecule has 2 rings (SSSR count). The van der Waals surface area contributed by atoms with Crippen molar-refractivity contribution in [3.63, 3.8) is 0 Å². The second kappa shape index (κ2) is 3.41. The Morgan fingerprint density at radius 3 is 2.71 bits per heavy atom. The van der Waals surface area contributed by atoms with Crippen LogP contribution in [0.2, 0.25) is 0 Å². The molecule has 2 aromatic rings. The van der Waals surface area contributed by atoms with E-state index in [0.29, 0.717) is 11.6 Å². The largest absolute Gasteiger partial charge is 0.383 e. The van der Waals surface area contributed by atoms with Crippen molar-refractivity contribution in [1.82, 2.24) is 15.0 Å². The van der Waals surface area contributed by atoms with Crippen molar-refractivity contribution in [2.24, 2.45) is 0 Å². The first-order valence-electron chi connectivity index (χ1n) is 4.28. The smallest absolute Gasteiger partial charge is 0.136 e. The summed E-state index contributed by atoms with van der Waals surface area (Å²) >= 11 is 0. The normalized spacial score (nSPS) is 10.1. The molecular weight excluding hydrogens is 176 g/mol. The van der Waals surface area contributed by atoms with Crippen LogP contribution in [0.1, 0.15) is 5.82 Å². The third-order valence-corrected chi connectivity index (χ3v) is 1.88. The van der Waals surface area contributed by atoms with Gasteiger partial charge in [-0.05, 0) is 19.1 Å². The minimum Gasteiger partial charge on any atom is -0.383 e. The van der Waals surface area contributed by atoms with Gasteiger partial charge in [0.15, 0.2) is 0 Å². The summed E-state index contributed by atoms with van der Waals surface area (Å²) in [6.07, 6.45) is 3.41.